The van der Waals surface area contributed by atoms with E-state index in [1.165, 1.54) is 93.9 Å². The van der Waals surface area contributed by atoms with Crippen molar-refractivity contribution in [2.45, 2.75) is 39.5 Å². The molecule has 40 heavy (non-hydrogen) atoms. The number of benzene rings is 3. The number of fused-ring (bicyclic) bond motifs is 8. The van der Waals surface area contributed by atoms with Gasteiger partial charge >= 0.3 is 0 Å². The molecule has 0 fully saturated rings. The molecule has 3 aromatic carbocycles. The van der Waals surface area contributed by atoms with Gasteiger partial charge in [-0.15, -0.1) is 45.3 Å². The topological polar surface area (TPSA) is 0 Å². The van der Waals surface area contributed by atoms with Crippen molar-refractivity contribution in [1.29, 1.82) is 0 Å². The predicted octanol–water partition coefficient (Wildman–Crippen LogP) is 12.5. The van der Waals surface area contributed by atoms with Crippen LogP contribution in [0.25, 0.3) is 60.6 Å². The molecule has 0 bridgehead atoms. The lowest BCUT2D eigenvalue weighted by molar-refractivity contribution is 0.946. The zero-order valence-electron chi connectivity index (χ0n) is 22.7. The average molecular weight is 587 g/mol. The highest BCUT2D eigenvalue weighted by Gasteiger charge is 2.35. The summed E-state index contributed by atoms with van der Waals surface area (Å²) in [7, 11) is 0. The van der Waals surface area contributed by atoms with E-state index in [0.29, 0.717) is 11.8 Å². The molecule has 4 heterocycles. The van der Waals surface area contributed by atoms with Crippen molar-refractivity contribution in [3.63, 3.8) is 0 Å². The van der Waals surface area contributed by atoms with Gasteiger partial charge in [-0.25, -0.2) is 0 Å². The van der Waals surface area contributed by atoms with Crippen molar-refractivity contribution in [2.24, 2.45) is 0 Å². The maximum absolute atomic E-state index is 2.54. The fraction of sp³-hybridized carbons (Fsp3) is 0.167. The van der Waals surface area contributed by atoms with Crippen LogP contribution in [0.15, 0.2) is 72.8 Å². The molecule has 9 rings (SSSR count). The highest BCUT2D eigenvalue weighted by atomic mass is 32.1. The van der Waals surface area contributed by atoms with Crippen molar-refractivity contribution in [2.75, 3.05) is 0 Å². The lowest BCUT2D eigenvalue weighted by Crippen LogP contribution is -1.93. The fourth-order valence-corrected chi connectivity index (χ4v) is 11.6. The third-order valence-corrected chi connectivity index (χ3v) is 13.9. The molecule has 2 aliphatic carbocycles. The van der Waals surface area contributed by atoms with E-state index in [2.05, 4.69) is 100 Å². The van der Waals surface area contributed by atoms with Gasteiger partial charge in [0.2, 0.25) is 0 Å². The van der Waals surface area contributed by atoms with Crippen molar-refractivity contribution in [3.8, 4) is 40.4 Å². The molecule has 0 aliphatic heterocycles. The Bertz CT molecular complexity index is 2020. The lowest BCUT2D eigenvalue weighted by atomic mass is 9.93. The Morgan fingerprint density at radius 3 is 1.32 bits per heavy atom. The number of rotatable bonds is 2. The van der Waals surface area contributed by atoms with Gasteiger partial charge in [-0.3, -0.25) is 0 Å². The molecule has 4 aromatic heterocycles. The molecule has 2 atom stereocenters. The molecule has 2 unspecified atom stereocenters. The third-order valence-electron chi connectivity index (χ3n) is 8.93. The van der Waals surface area contributed by atoms with Gasteiger partial charge in [0.15, 0.2) is 0 Å². The summed E-state index contributed by atoms with van der Waals surface area (Å²) in [5.41, 5.74) is 11.6. The van der Waals surface area contributed by atoms with Crippen molar-refractivity contribution in [3.05, 3.63) is 106 Å². The predicted molar refractivity (Wildman–Crippen MR) is 179 cm³/mol. The van der Waals surface area contributed by atoms with Crippen LogP contribution in [0.2, 0.25) is 0 Å². The first-order chi connectivity index (χ1) is 19.4. The second kappa shape index (κ2) is 8.27. The minimum absolute atomic E-state index is 0.432. The van der Waals surface area contributed by atoms with Gasteiger partial charge in [-0.1, -0.05) is 49.2 Å². The Labute approximate surface area is 250 Å². The first-order valence-electron chi connectivity index (χ1n) is 13.9. The summed E-state index contributed by atoms with van der Waals surface area (Å²) in [6.07, 6.45) is 0. The van der Waals surface area contributed by atoms with Crippen LogP contribution >= 0.6 is 45.3 Å². The molecular formula is C36H26S4. The standard InChI is InChI=1S/C36H26S4/c1-17-5-7-29-21(9-17)11-31(37-29)33-15-25-19(3)23-14-28-24(13-27(23)35(25)39-33)20(4)26-16-34(40-36(26)28)32-12-22-10-18(2)6-8-30(22)38-32/h5-16,19-20H,1-4H3. The zero-order chi connectivity index (χ0) is 26.9. The van der Waals surface area contributed by atoms with Crippen LogP contribution in [-0.2, 0) is 0 Å². The summed E-state index contributed by atoms with van der Waals surface area (Å²) in [6, 6.07) is 28.4. The molecule has 0 spiro atoms. The molecule has 0 nitrogen and oxygen atoms in total. The van der Waals surface area contributed by atoms with E-state index in [0.717, 1.165) is 0 Å². The van der Waals surface area contributed by atoms with Crippen molar-refractivity contribution < 1.29 is 0 Å². The third kappa shape index (κ3) is 3.28. The van der Waals surface area contributed by atoms with E-state index in [-0.39, 0.29) is 0 Å². The SMILES string of the molecule is Cc1ccc2sc(-c3cc4c(s3)-c3cc5c(cc3C4C)-c3sc(-c4cc6cc(C)ccc6s4)cc3C5C)cc2c1. The number of hydrogen-bond acceptors (Lipinski definition) is 4. The summed E-state index contributed by atoms with van der Waals surface area (Å²) < 4.78 is 2.76. The Morgan fingerprint density at radius 2 is 0.875 bits per heavy atom. The molecule has 0 radical (unpaired) electrons. The minimum atomic E-state index is 0.432. The molecule has 7 aromatic rings. The molecule has 0 amide bonds. The maximum atomic E-state index is 2.54. The smallest absolute Gasteiger partial charge is 0.0455 e. The molecular weight excluding hydrogens is 561 g/mol. The first kappa shape index (κ1) is 23.7. The quantitative estimate of drug-likeness (QED) is 0.189. The van der Waals surface area contributed by atoms with E-state index in [1.54, 1.807) is 0 Å². The molecule has 2 aliphatic rings. The van der Waals surface area contributed by atoms with Crippen LogP contribution in [0.4, 0.5) is 0 Å². The highest BCUT2D eigenvalue weighted by molar-refractivity contribution is 7.28. The van der Waals surface area contributed by atoms with Gasteiger partial charge in [0, 0.05) is 50.5 Å². The summed E-state index contributed by atoms with van der Waals surface area (Å²) in [6.45, 7) is 9.17. The highest BCUT2D eigenvalue weighted by Crippen LogP contribution is 2.58. The Hall–Kier alpha value is -3.02. The minimum Gasteiger partial charge on any atom is -0.134 e. The second-order valence-corrected chi connectivity index (χ2v) is 15.8. The summed E-state index contributed by atoms with van der Waals surface area (Å²) >= 11 is 7.83. The molecule has 0 saturated heterocycles. The molecule has 4 heteroatoms. The molecule has 0 saturated carbocycles. The van der Waals surface area contributed by atoms with Gasteiger partial charge in [-0.2, -0.15) is 0 Å². The van der Waals surface area contributed by atoms with Crippen LogP contribution in [0, 0.1) is 13.8 Å². The number of thiophene rings is 4. The molecule has 0 N–H and O–H groups in total. The van der Waals surface area contributed by atoms with Gasteiger partial charge in [0.05, 0.1) is 0 Å². The summed E-state index contributed by atoms with van der Waals surface area (Å²) in [4.78, 5) is 8.59. The van der Waals surface area contributed by atoms with E-state index >= 15 is 0 Å². The zero-order valence-corrected chi connectivity index (χ0v) is 26.0. The van der Waals surface area contributed by atoms with Gasteiger partial charge < -0.3 is 0 Å². The normalized spacial score (nSPS) is 17.0. The van der Waals surface area contributed by atoms with Crippen LogP contribution in [0.5, 0.6) is 0 Å². The Morgan fingerprint density at radius 1 is 0.450 bits per heavy atom. The summed E-state index contributed by atoms with van der Waals surface area (Å²) in [5, 5.41) is 2.73. The van der Waals surface area contributed by atoms with E-state index in [9.17, 15) is 0 Å². The largest absolute Gasteiger partial charge is 0.134 e. The van der Waals surface area contributed by atoms with Gasteiger partial charge in [0.25, 0.3) is 0 Å². The fourth-order valence-electron chi connectivity index (χ4n) is 6.76. The van der Waals surface area contributed by atoms with E-state index < -0.39 is 0 Å². The van der Waals surface area contributed by atoms with E-state index in [1.807, 2.05) is 45.3 Å². The Kier molecular flexibility index (Phi) is 4.89. The first-order valence-corrected chi connectivity index (χ1v) is 17.1. The monoisotopic (exact) mass is 586 g/mol. The van der Waals surface area contributed by atoms with Crippen LogP contribution in [-0.4, -0.2) is 0 Å². The molecule has 194 valence electrons. The maximum Gasteiger partial charge on any atom is 0.0455 e. The Balaban J connectivity index is 1.12. The van der Waals surface area contributed by atoms with Crippen LogP contribution in [0.1, 0.15) is 59.1 Å². The second-order valence-electron chi connectivity index (χ2n) is 11.6. The van der Waals surface area contributed by atoms with Crippen molar-refractivity contribution >= 4 is 65.5 Å². The van der Waals surface area contributed by atoms with Crippen LogP contribution in [0.3, 0.4) is 0 Å². The number of hydrogen-bond donors (Lipinski definition) is 0. The summed E-state index contributed by atoms with van der Waals surface area (Å²) in [5.74, 6) is 0.864. The van der Waals surface area contributed by atoms with Crippen molar-refractivity contribution in [1.82, 2.24) is 0 Å². The lowest BCUT2D eigenvalue weighted by Gasteiger charge is -2.12. The average Bonchev–Trinajstić information content (AvgIpc) is 3.76. The number of aryl methyl sites for hydroxylation is 2. The van der Waals surface area contributed by atoms with Gasteiger partial charge in [0.1, 0.15) is 0 Å². The van der Waals surface area contributed by atoms with Gasteiger partial charge in [-0.05, 0) is 107 Å². The van der Waals surface area contributed by atoms with E-state index in [4.69, 9.17) is 0 Å². The van der Waals surface area contributed by atoms with Crippen LogP contribution < -0.4 is 0 Å².